The molecular formula is C27H44O6S. The van der Waals surface area contributed by atoms with E-state index in [4.69, 9.17) is 4.74 Å². The maximum atomic E-state index is 11.6. The standard InChI is InChI=1S/C27H44O6S/c1-3-4-6-10-21(28)18-34-26-23(24(29)16-25(26)30)11-8-5-7-9-20(27(31)32)17-33-22-14-12-19(2)13-15-22/h12-15,20-21,23-26,28-30H,3-11,16-18H2,1-2H3,(H,31,32)/t20?,21?,23-,24?,25?,26+/m0/s1. The normalized spacial score (nSPS) is 24.1. The van der Waals surface area contributed by atoms with Gasteiger partial charge in [0.25, 0.3) is 0 Å². The highest BCUT2D eigenvalue weighted by Crippen LogP contribution is 2.39. The van der Waals surface area contributed by atoms with Crippen LogP contribution >= 0.6 is 11.8 Å². The first-order chi connectivity index (χ1) is 16.3. The van der Waals surface area contributed by atoms with Gasteiger partial charge in [0.2, 0.25) is 0 Å². The SMILES string of the molecule is CCCCCC(O)CS[C@H]1C(O)CC(O)[C@@H]1CCCCCC(COc1ccc(C)cc1)C(=O)O. The average Bonchev–Trinajstić information content (AvgIpc) is 3.07. The van der Waals surface area contributed by atoms with Gasteiger partial charge < -0.3 is 25.2 Å². The van der Waals surface area contributed by atoms with E-state index >= 15 is 0 Å². The Labute approximate surface area is 209 Å². The number of carboxylic acid groups (broad SMARTS) is 1. The molecule has 1 aliphatic carbocycles. The summed E-state index contributed by atoms with van der Waals surface area (Å²) in [5.74, 6) is -0.0867. The Balaban J connectivity index is 1.70. The van der Waals surface area contributed by atoms with Crippen LogP contribution in [0.1, 0.15) is 76.7 Å². The number of carbonyl (C=O) groups is 1. The van der Waals surface area contributed by atoms with Crippen molar-refractivity contribution in [1.29, 1.82) is 0 Å². The highest BCUT2D eigenvalue weighted by molar-refractivity contribution is 8.00. The van der Waals surface area contributed by atoms with E-state index in [1.165, 1.54) is 0 Å². The number of hydrogen-bond donors (Lipinski definition) is 4. The summed E-state index contributed by atoms with van der Waals surface area (Å²) in [4.78, 5) is 11.6. The third-order valence-corrected chi connectivity index (χ3v) is 8.44. The zero-order valence-electron chi connectivity index (χ0n) is 20.8. The molecule has 0 bridgehead atoms. The number of unbranched alkanes of at least 4 members (excludes halogenated alkanes) is 4. The smallest absolute Gasteiger partial charge is 0.309 e. The van der Waals surface area contributed by atoms with Crippen LogP contribution in [0, 0.1) is 18.8 Å². The second kappa shape index (κ2) is 15.7. The lowest BCUT2D eigenvalue weighted by molar-refractivity contribution is -0.143. The monoisotopic (exact) mass is 496 g/mol. The number of carboxylic acids is 1. The highest BCUT2D eigenvalue weighted by atomic mass is 32.2. The average molecular weight is 497 g/mol. The lowest BCUT2D eigenvalue weighted by Crippen LogP contribution is -2.27. The van der Waals surface area contributed by atoms with Gasteiger partial charge in [-0.05, 0) is 44.2 Å². The van der Waals surface area contributed by atoms with Crippen LogP contribution in [-0.2, 0) is 4.79 Å². The Kier molecular flexibility index (Phi) is 13.3. The van der Waals surface area contributed by atoms with Crippen LogP contribution in [0.2, 0.25) is 0 Å². The first kappa shape index (κ1) is 29.0. The van der Waals surface area contributed by atoms with Gasteiger partial charge in [-0.3, -0.25) is 4.79 Å². The first-order valence-electron chi connectivity index (χ1n) is 12.9. The number of thioether (sulfide) groups is 1. The molecule has 0 spiro atoms. The third-order valence-electron chi connectivity index (χ3n) is 6.81. The van der Waals surface area contributed by atoms with Gasteiger partial charge in [-0.2, -0.15) is 11.8 Å². The summed E-state index contributed by atoms with van der Waals surface area (Å²) in [6.07, 6.45) is 6.94. The van der Waals surface area contributed by atoms with Crippen molar-refractivity contribution in [2.75, 3.05) is 12.4 Å². The molecular weight excluding hydrogens is 452 g/mol. The van der Waals surface area contributed by atoms with Crippen LogP contribution in [0.4, 0.5) is 0 Å². The van der Waals surface area contributed by atoms with Crippen molar-refractivity contribution >= 4 is 17.7 Å². The van der Waals surface area contributed by atoms with E-state index < -0.39 is 24.1 Å². The summed E-state index contributed by atoms with van der Waals surface area (Å²) in [5.41, 5.74) is 1.13. The van der Waals surface area contributed by atoms with Gasteiger partial charge >= 0.3 is 5.97 Å². The Hall–Kier alpha value is -1.28. The maximum absolute atomic E-state index is 11.6. The van der Waals surface area contributed by atoms with E-state index in [-0.39, 0.29) is 23.9 Å². The zero-order chi connectivity index (χ0) is 24.9. The Bertz CT molecular complexity index is 697. The van der Waals surface area contributed by atoms with Crippen LogP contribution in [0.3, 0.4) is 0 Å². The molecule has 0 heterocycles. The molecule has 4 N–H and O–H groups in total. The molecule has 1 aromatic carbocycles. The summed E-state index contributed by atoms with van der Waals surface area (Å²) in [6.45, 7) is 4.29. The minimum atomic E-state index is -0.838. The molecule has 0 amide bonds. The number of ether oxygens (including phenoxy) is 1. The number of aryl methyl sites for hydroxylation is 1. The molecule has 0 aliphatic heterocycles. The van der Waals surface area contributed by atoms with Crippen molar-refractivity contribution in [3.05, 3.63) is 29.8 Å². The fourth-order valence-corrected chi connectivity index (χ4v) is 6.15. The van der Waals surface area contributed by atoms with Gasteiger partial charge in [-0.1, -0.05) is 63.1 Å². The van der Waals surface area contributed by atoms with Gasteiger partial charge in [-0.25, -0.2) is 0 Å². The van der Waals surface area contributed by atoms with Crippen molar-refractivity contribution in [2.24, 2.45) is 11.8 Å². The van der Waals surface area contributed by atoms with E-state index in [0.717, 1.165) is 56.9 Å². The number of rotatable bonds is 17. The van der Waals surface area contributed by atoms with Crippen molar-refractivity contribution < 1.29 is 30.0 Å². The molecule has 1 aromatic rings. The fourth-order valence-electron chi connectivity index (χ4n) is 4.64. The minimum Gasteiger partial charge on any atom is -0.493 e. The quantitative estimate of drug-likeness (QED) is 0.229. The number of aliphatic hydroxyl groups excluding tert-OH is 3. The van der Waals surface area contributed by atoms with Crippen LogP contribution < -0.4 is 4.74 Å². The predicted molar refractivity (Wildman–Crippen MR) is 137 cm³/mol. The molecule has 0 saturated heterocycles. The van der Waals surface area contributed by atoms with Gasteiger partial charge in [0.15, 0.2) is 0 Å². The van der Waals surface area contributed by atoms with E-state index in [1.807, 2.05) is 31.2 Å². The molecule has 0 radical (unpaired) electrons. The Morgan fingerprint density at radius 1 is 1.06 bits per heavy atom. The highest BCUT2D eigenvalue weighted by Gasteiger charge is 2.41. The van der Waals surface area contributed by atoms with Crippen molar-refractivity contribution in [3.8, 4) is 5.75 Å². The second-order valence-corrected chi connectivity index (χ2v) is 11.0. The number of aliphatic carboxylic acids is 1. The summed E-state index contributed by atoms with van der Waals surface area (Å²) in [7, 11) is 0. The first-order valence-corrected chi connectivity index (χ1v) is 13.9. The van der Waals surface area contributed by atoms with Crippen LogP contribution in [0.5, 0.6) is 5.75 Å². The van der Waals surface area contributed by atoms with Crippen LogP contribution in [0.15, 0.2) is 24.3 Å². The van der Waals surface area contributed by atoms with Gasteiger partial charge in [0.05, 0.1) is 24.2 Å². The maximum Gasteiger partial charge on any atom is 0.309 e. The zero-order valence-corrected chi connectivity index (χ0v) is 21.6. The lowest BCUT2D eigenvalue weighted by atomic mass is 9.95. The molecule has 194 valence electrons. The number of benzene rings is 1. The topological polar surface area (TPSA) is 107 Å². The largest absolute Gasteiger partial charge is 0.493 e. The molecule has 7 heteroatoms. The molecule has 34 heavy (non-hydrogen) atoms. The summed E-state index contributed by atoms with van der Waals surface area (Å²) < 4.78 is 5.67. The van der Waals surface area contributed by atoms with Crippen LogP contribution in [-0.4, -0.2) is 62.3 Å². The van der Waals surface area contributed by atoms with Crippen molar-refractivity contribution in [3.63, 3.8) is 0 Å². The van der Waals surface area contributed by atoms with E-state index in [9.17, 15) is 25.2 Å². The molecule has 4 unspecified atom stereocenters. The molecule has 0 aromatic heterocycles. The van der Waals surface area contributed by atoms with Gasteiger partial charge in [-0.15, -0.1) is 0 Å². The Morgan fingerprint density at radius 2 is 1.76 bits per heavy atom. The summed E-state index contributed by atoms with van der Waals surface area (Å²) in [5, 5.41) is 40.6. The number of aliphatic hydroxyl groups is 3. The number of hydrogen-bond acceptors (Lipinski definition) is 6. The van der Waals surface area contributed by atoms with Crippen molar-refractivity contribution in [2.45, 2.75) is 102 Å². The second-order valence-electron chi connectivity index (χ2n) is 9.78. The molecule has 6 atom stereocenters. The summed E-state index contributed by atoms with van der Waals surface area (Å²) >= 11 is 1.59. The fraction of sp³-hybridized carbons (Fsp3) is 0.741. The minimum absolute atomic E-state index is 0.0167. The van der Waals surface area contributed by atoms with Gasteiger partial charge in [0, 0.05) is 17.4 Å². The summed E-state index contributed by atoms with van der Waals surface area (Å²) in [6, 6.07) is 7.60. The Morgan fingerprint density at radius 3 is 2.44 bits per heavy atom. The molecule has 1 fully saturated rings. The van der Waals surface area contributed by atoms with Crippen LogP contribution in [0.25, 0.3) is 0 Å². The van der Waals surface area contributed by atoms with E-state index in [1.54, 1.807) is 11.8 Å². The molecule has 6 nitrogen and oxygen atoms in total. The molecule has 1 saturated carbocycles. The van der Waals surface area contributed by atoms with Gasteiger partial charge in [0.1, 0.15) is 12.4 Å². The predicted octanol–water partition coefficient (Wildman–Crippen LogP) is 4.81. The van der Waals surface area contributed by atoms with E-state index in [2.05, 4.69) is 6.92 Å². The molecule has 2 rings (SSSR count). The van der Waals surface area contributed by atoms with E-state index in [0.29, 0.717) is 24.3 Å². The molecule has 1 aliphatic rings. The van der Waals surface area contributed by atoms with Crippen molar-refractivity contribution in [1.82, 2.24) is 0 Å². The third kappa shape index (κ3) is 10.1. The lowest BCUT2D eigenvalue weighted by Gasteiger charge is -2.24.